The Morgan fingerprint density at radius 1 is 1.22 bits per heavy atom. The van der Waals surface area contributed by atoms with Crippen molar-refractivity contribution in [3.05, 3.63) is 45.1 Å². The smallest absolute Gasteiger partial charge is 0.244 e. The summed E-state index contributed by atoms with van der Waals surface area (Å²) in [5, 5.41) is 19.8. The Labute approximate surface area is 162 Å². The number of rotatable bonds is 2. The van der Waals surface area contributed by atoms with Gasteiger partial charge in [0.2, 0.25) is 11.8 Å². The second-order valence-electron chi connectivity index (χ2n) is 8.96. The molecule has 0 radical (unpaired) electrons. The lowest BCUT2D eigenvalue weighted by molar-refractivity contribution is -0.00767. The zero-order valence-electron chi connectivity index (χ0n) is 15.1. The molecule has 5 nitrogen and oxygen atoms in total. The van der Waals surface area contributed by atoms with Crippen molar-refractivity contribution in [2.24, 2.45) is 23.5 Å². The van der Waals surface area contributed by atoms with Gasteiger partial charge in [0, 0.05) is 16.0 Å². The summed E-state index contributed by atoms with van der Waals surface area (Å²) in [6, 6.07) is 6.44. The maximum atomic E-state index is 9.82. The number of H-pyrrole nitrogens is 1. The van der Waals surface area contributed by atoms with Gasteiger partial charge in [-0.2, -0.15) is 5.26 Å². The molecule has 0 saturated heterocycles. The Hall–Kier alpha value is -2.26. The molecule has 4 saturated carbocycles. The Bertz CT molecular complexity index is 945. The predicted molar refractivity (Wildman–Crippen MR) is 102 cm³/mol. The molecular weight excluding hydrogens is 356 g/mol. The summed E-state index contributed by atoms with van der Waals surface area (Å²) in [4.78, 5) is 1.13. The standard InChI is InChI=1S/C21H22N4OS/c22-10-14-16(15-2-1-3-27-15)17-18(24-25-20(17)26-19(14)23)21-7-11-4-12(8-21)6-13(5-11)9-21/h1-3,11-13,16H,4-9,23H2,(H,24,25)/t11?,12?,13?,16-,21?/m1/s1. The second kappa shape index (κ2) is 5.39. The molecule has 2 aromatic rings. The van der Waals surface area contributed by atoms with Crippen molar-refractivity contribution < 1.29 is 4.74 Å². The van der Waals surface area contributed by atoms with E-state index in [1.165, 1.54) is 44.2 Å². The summed E-state index contributed by atoms with van der Waals surface area (Å²) in [5.74, 6) is 3.12. The fourth-order valence-corrected chi connectivity index (χ4v) is 7.65. The summed E-state index contributed by atoms with van der Waals surface area (Å²) in [6.45, 7) is 0. The number of nitrogens with zero attached hydrogens (tertiary/aromatic N) is 2. The SMILES string of the molecule is N#CC1=C(N)Oc2n[nH]c(C34CC5CC(CC(C5)C3)C4)c2[C@H]1c1cccs1. The molecule has 6 heteroatoms. The molecule has 138 valence electrons. The van der Waals surface area contributed by atoms with Gasteiger partial charge in [-0.3, -0.25) is 5.10 Å². The molecule has 3 heterocycles. The average Bonchev–Trinajstić information content (AvgIpc) is 3.29. The average molecular weight is 379 g/mol. The highest BCUT2D eigenvalue weighted by molar-refractivity contribution is 7.10. The number of aromatic amines is 1. The van der Waals surface area contributed by atoms with Crippen molar-refractivity contribution in [1.82, 2.24) is 10.2 Å². The molecule has 7 rings (SSSR count). The summed E-state index contributed by atoms with van der Waals surface area (Å²) in [7, 11) is 0. The molecule has 5 aliphatic rings. The first-order valence-corrected chi connectivity index (χ1v) is 10.7. The fraction of sp³-hybridized carbons (Fsp3) is 0.524. The van der Waals surface area contributed by atoms with Crippen LogP contribution in [0.15, 0.2) is 29.0 Å². The van der Waals surface area contributed by atoms with Crippen LogP contribution in [0.25, 0.3) is 0 Å². The van der Waals surface area contributed by atoms with Gasteiger partial charge in [0.05, 0.1) is 11.5 Å². The third-order valence-electron chi connectivity index (χ3n) is 7.34. The molecule has 4 fully saturated rings. The first-order chi connectivity index (χ1) is 13.2. The van der Waals surface area contributed by atoms with Crippen LogP contribution in [0.3, 0.4) is 0 Å². The summed E-state index contributed by atoms with van der Waals surface area (Å²) >= 11 is 1.67. The third kappa shape index (κ3) is 2.12. The normalized spacial score (nSPS) is 36.4. The number of nitrogens with one attached hydrogen (secondary N) is 1. The highest BCUT2D eigenvalue weighted by Gasteiger charge is 2.54. The zero-order valence-corrected chi connectivity index (χ0v) is 15.9. The molecule has 1 aliphatic heterocycles. The van der Waals surface area contributed by atoms with E-state index in [1.54, 1.807) is 11.3 Å². The van der Waals surface area contributed by atoms with Gasteiger partial charge in [-0.15, -0.1) is 16.4 Å². The van der Waals surface area contributed by atoms with Gasteiger partial charge in [0.15, 0.2) is 0 Å². The molecule has 3 N–H and O–H groups in total. The molecule has 0 amide bonds. The molecular formula is C21H22N4OS. The Morgan fingerprint density at radius 2 is 1.93 bits per heavy atom. The van der Waals surface area contributed by atoms with Gasteiger partial charge in [0.25, 0.3) is 0 Å². The number of hydrogen-bond acceptors (Lipinski definition) is 5. The van der Waals surface area contributed by atoms with E-state index in [9.17, 15) is 5.26 Å². The van der Waals surface area contributed by atoms with E-state index in [0.717, 1.165) is 28.2 Å². The lowest BCUT2D eigenvalue weighted by Crippen LogP contribution is -2.49. The Morgan fingerprint density at radius 3 is 2.52 bits per heavy atom. The number of ether oxygens (including phenoxy) is 1. The minimum atomic E-state index is -0.166. The van der Waals surface area contributed by atoms with Gasteiger partial charge in [-0.1, -0.05) is 6.07 Å². The van der Waals surface area contributed by atoms with Crippen LogP contribution in [-0.4, -0.2) is 10.2 Å². The van der Waals surface area contributed by atoms with Crippen LogP contribution in [0.5, 0.6) is 5.88 Å². The molecule has 4 aliphatic carbocycles. The number of nitriles is 1. The van der Waals surface area contributed by atoms with Crippen molar-refractivity contribution in [2.75, 3.05) is 0 Å². The van der Waals surface area contributed by atoms with Crippen molar-refractivity contribution >= 4 is 11.3 Å². The summed E-state index contributed by atoms with van der Waals surface area (Å²) < 4.78 is 5.80. The van der Waals surface area contributed by atoms with Gasteiger partial charge >= 0.3 is 0 Å². The molecule has 1 atom stereocenters. The fourth-order valence-electron chi connectivity index (χ4n) is 6.81. The summed E-state index contributed by atoms with van der Waals surface area (Å²) in [6.07, 6.45) is 7.92. The molecule has 27 heavy (non-hydrogen) atoms. The molecule has 2 aromatic heterocycles. The topological polar surface area (TPSA) is 87.7 Å². The van der Waals surface area contributed by atoms with Crippen LogP contribution in [0.2, 0.25) is 0 Å². The van der Waals surface area contributed by atoms with Gasteiger partial charge in [-0.05, 0) is 67.7 Å². The maximum Gasteiger partial charge on any atom is 0.244 e. The quantitative estimate of drug-likeness (QED) is 0.821. The van der Waals surface area contributed by atoms with E-state index in [1.807, 2.05) is 6.07 Å². The van der Waals surface area contributed by atoms with E-state index in [4.69, 9.17) is 10.5 Å². The first kappa shape index (κ1) is 15.8. The van der Waals surface area contributed by atoms with E-state index in [-0.39, 0.29) is 17.2 Å². The maximum absolute atomic E-state index is 9.82. The van der Waals surface area contributed by atoms with Crippen molar-refractivity contribution in [1.29, 1.82) is 5.26 Å². The minimum absolute atomic E-state index is 0.166. The van der Waals surface area contributed by atoms with Crippen LogP contribution < -0.4 is 10.5 Å². The second-order valence-corrected chi connectivity index (χ2v) is 9.93. The van der Waals surface area contributed by atoms with Gasteiger partial charge in [0.1, 0.15) is 11.6 Å². The Kier molecular flexibility index (Phi) is 3.14. The lowest BCUT2D eigenvalue weighted by atomic mass is 9.48. The van der Waals surface area contributed by atoms with E-state index < -0.39 is 0 Å². The highest BCUT2D eigenvalue weighted by Crippen LogP contribution is 2.62. The van der Waals surface area contributed by atoms with E-state index in [0.29, 0.717) is 11.5 Å². The molecule has 0 aromatic carbocycles. The zero-order chi connectivity index (χ0) is 18.2. The highest BCUT2D eigenvalue weighted by atomic mass is 32.1. The van der Waals surface area contributed by atoms with Crippen molar-refractivity contribution in [2.45, 2.75) is 49.9 Å². The lowest BCUT2D eigenvalue weighted by Gasteiger charge is -2.56. The molecule has 4 bridgehead atoms. The minimum Gasteiger partial charge on any atom is -0.420 e. The number of thiophene rings is 1. The number of hydrogen-bond donors (Lipinski definition) is 2. The van der Waals surface area contributed by atoms with Crippen LogP contribution in [-0.2, 0) is 5.41 Å². The van der Waals surface area contributed by atoms with Gasteiger partial charge < -0.3 is 10.5 Å². The van der Waals surface area contributed by atoms with Crippen LogP contribution in [0.4, 0.5) is 0 Å². The van der Waals surface area contributed by atoms with E-state index in [2.05, 4.69) is 27.7 Å². The summed E-state index contributed by atoms with van der Waals surface area (Å²) in [5.41, 5.74) is 9.06. The number of aromatic nitrogens is 2. The van der Waals surface area contributed by atoms with Crippen LogP contribution in [0.1, 0.15) is 60.6 Å². The molecule has 0 unspecified atom stereocenters. The van der Waals surface area contributed by atoms with Gasteiger partial charge in [-0.25, -0.2) is 0 Å². The monoisotopic (exact) mass is 378 g/mol. The largest absolute Gasteiger partial charge is 0.420 e. The van der Waals surface area contributed by atoms with Crippen LogP contribution >= 0.6 is 11.3 Å². The van der Waals surface area contributed by atoms with E-state index >= 15 is 0 Å². The third-order valence-corrected chi connectivity index (χ3v) is 8.27. The Balaban J connectivity index is 1.53. The predicted octanol–water partition coefficient (Wildman–Crippen LogP) is 4.16. The van der Waals surface area contributed by atoms with Crippen molar-refractivity contribution in [3.63, 3.8) is 0 Å². The number of nitrogens with two attached hydrogens (primary N) is 1. The van der Waals surface area contributed by atoms with Crippen molar-refractivity contribution in [3.8, 4) is 11.9 Å². The molecule has 0 spiro atoms. The first-order valence-electron chi connectivity index (χ1n) is 9.86. The number of allylic oxidation sites excluding steroid dienone is 1. The van der Waals surface area contributed by atoms with Crippen LogP contribution in [0, 0.1) is 29.1 Å². The number of fused-ring (bicyclic) bond motifs is 1.